The molecule has 0 radical (unpaired) electrons. The third kappa shape index (κ3) is 4.17. The van der Waals surface area contributed by atoms with Crippen molar-refractivity contribution in [1.29, 1.82) is 0 Å². The van der Waals surface area contributed by atoms with Gasteiger partial charge in [-0.2, -0.15) is 0 Å². The highest BCUT2D eigenvalue weighted by molar-refractivity contribution is 5.91. The lowest BCUT2D eigenvalue weighted by Gasteiger charge is -2.37. The SMILES string of the molecule is Cc1cc(C(C)Nc2ccoc2C(=O)O)c2oc(N3CCC(C)(C)CC3)cc(=O)c2c1. The average Bonchev–Trinajstić information content (AvgIpc) is 3.16. The number of benzene rings is 1. The van der Waals surface area contributed by atoms with Gasteiger partial charge < -0.3 is 24.2 Å². The summed E-state index contributed by atoms with van der Waals surface area (Å²) >= 11 is 0. The van der Waals surface area contributed by atoms with Crippen molar-refractivity contribution in [3.8, 4) is 0 Å². The van der Waals surface area contributed by atoms with E-state index in [0.29, 0.717) is 28.0 Å². The minimum Gasteiger partial charge on any atom is -0.475 e. The summed E-state index contributed by atoms with van der Waals surface area (Å²) in [5.41, 5.74) is 2.85. The predicted octanol–water partition coefficient (Wildman–Crippen LogP) is 5.19. The summed E-state index contributed by atoms with van der Waals surface area (Å²) in [7, 11) is 0. The van der Waals surface area contributed by atoms with E-state index in [-0.39, 0.29) is 17.2 Å². The molecule has 31 heavy (non-hydrogen) atoms. The standard InChI is InChI=1S/C24H28N2O5/c1-14-11-16(15(2)25-18-5-10-30-22(18)23(28)29)21-17(12-14)19(27)13-20(31-21)26-8-6-24(3,4)7-9-26/h5,10-13,15,25H,6-9H2,1-4H3,(H,28,29). The van der Waals surface area contributed by atoms with Gasteiger partial charge in [-0.3, -0.25) is 4.79 Å². The van der Waals surface area contributed by atoms with Gasteiger partial charge in [0, 0.05) is 30.8 Å². The Morgan fingerprint density at radius 2 is 1.94 bits per heavy atom. The number of anilines is 2. The Kier molecular flexibility index (Phi) is 5.29. The van der Waals surface area contributed by atoms with E-state index < -0.39 is 5.97 Å². The van der Waals surface area contributed by atoms with Crippen LogP contribution in [-0.2, 0) is 0 Å². The minimum absolute atomic E-state index is 0.0761. The molecule has 1 atom stereocenters. The molecule has 3 aromatic rings. The summed E-state index contributed by atoms with van der Waals surface area (Å²) in [6.07, 6.45) is 3.40. The van der Waals surface area contributed by atoms with Gasteiger partial charge in [0.15, 0.2) is 11.3 Å². The van der Waals surface area contributed by atoms with Crippen LogP contribution in [0.25, 0.3) is 11.0 Å². The monoisotopic (exact) mass is 424 g/mol. The second kappa shape index (κ2) is 7.80. The van der Waals surface area contributed by atoms with Crippen LogP contribution in [0.4, 0.5) is 11.6 Å². The molecular weight excluding hydrogens is 396 g/mol. The molecule has 4 rings (SSSR count). The van der Waals surface area contributed by atoms with Crippen LogP contribution in [0.15, 0.2) is 44.2 Å². The molecule has 1 saturated heterocycles. The Bertz CT molecular complexity index is 1180. The summed E-state index contributed by atoms with van der Waals surface area (Å²) in [5, 5.41) is 13.0. The van der Waals surface area contributed by atoms with Crippen molar-refractivity contribution >= 4 is 28.5 Å². The number of carboxylic acid groups (broad SMARTS) is 1. The quantitative estimate of drug-likeness (QED) is 0.582. The predicted molar refractivity (Wildman–Crippen MR) is 120 cm³/mol. The zero-order valence-corrected chi connectivity index (χ0v) is 18.3. The highest BCUT2D eigenvalue weighted by Gasteiger charge is 2.27. The Labute approximate surface area is 180 Å². The van der Waals surface area contributed by atoms with Gasteiger partial charge in [0.2, 0.25) is 5.76 Å². The number of nitrogens with one attached hydrogen (secondary N) is 1. The smallest absolute Gasteiger partial charge is 0.373 e. The number of nitrogens with zero attached hydrogens (tertiary/aromatic N) is 1. The lowest BCUT2D eigenvalue weighted by atomic mass is 9.83. The van der Waals surface area contributed by atoms with Crippen LogP contribution in [0.1, 0.15) is 61.3 Å². The molecule has 0 aliphatic carbocycles. The Balaban J connectivity index is 1.74. The molecule has 0 bridgehead atoms. The van der Waals surface area contributed by atoms with Crippen molar-refractivity contribution in [2.45, 2.75) is 46.6 Å². The topological polar surface area (TPSA) is 95.9 Å². The fourth-order valence-electron chi connectivity index (χ4n) is 4.13. The first-order valence-corrected chi connectivity index (χ1v) is 10.6. The van der Waals surface area contributed by atoms with E-state index in [0.717, 1.165) is 37.1 Å². The maximum Gasteiger partial charge on any atom is 0.373 e. The number of carboxylic acids is 1. The molecule has 0 amide bonds. The zero-order valence-electron chi connectivity index (χ0n) is 18.3. The second-order valence-electron chi connectivity index (χ2n) is 9.17. The molecule has 1 fully saturated rings. The summed E-state index contributed by atoms with van der Waals surface area (Å²) in [6.45, 7) is 10.0. The van der Waals surface area contributed by atoms with E-state index in [9.17, 15) is 14.7 Å². The minimum atomic E-state index is -1.14. The van der Waals surface area contributed by atoms with Crippen molar-refractivity contribution in [3.63, 3.8) is 0 Å². The number of fused-ring (bicyclic) bond motifs is 1. The number of aryl methyl sites for hydroxylation is 1. The molecule has 1 aromatic carbocycles. The Morgan fingerprint density at radius 3 is 2.61 bits per heavy atom. The van der Waals surface area contributed by atoms with Crippen molar-refractivity contribution in [2.24, 2.45) is 5.41 Å². The molecule has 3 heterocycles. The van der Waals surface area contributed by atoms with Gasteiger partial charge in [-0.1, -0.05) is 19.9 Å². The maximum absolute atomic E-state index is 13.0. The normalized spacial score (nSPS) is 17.0. The summed E-state index contributed by atoms with van der Waals surface area (Å²) in [4.78, 5) is 26.5. The van der Waals surface area contributed by atoms with Crippen molar-refractivity contribution in [1.82, 2.24) is 0 Å². The molecule has 2 aromatic heterocycles. The van der Waals surface area contributed by atoms with Crippen LogP contribution >= 0.6 is 0 Å². The van der Waals surface area contributed by atoms with Crippen molar-refractivity contribution in [2.75, 3.05) is 23.3 Å². The Morgan fingerprint density at radius 1 is 1.23 bits per heavy atom. The lowest BCUT2D eigenvalue weighted by Crippen LogP contribution is -2.37. The van der Waals surface area contributed by atoms with E-state index in [1.54, 1.807) is 12.1 Å². The van der Waals surface area contributed by atoms with Crippen LogP contribution in [0.2, 0.25) is 0 Å². The average molecular weight is 424 g/mol. The summed E-state index contributed by atoms with van der Waals surface area (Å²) in [5.74, 6) is -0.711. The largest absolute Gasteiger partial charge is 0.475 e. The van der Waals surface area contributed by atoms with Gasteiger partial charge in [-0.05, 0) is 43.7 Å². The lowest BCUT2D eigenvalue weighted by molar-refractivity contribution is 0.0664. The molecule has 1 aliphatic rings. The fourth-order valence-corrected chi connectivity index (χ4v) is 4.13. The number of hydrogen-bond donors (Lipinski definition) is 2. The van der Waals surface area contributed by atoms with Gasteiger partial charge in [0.1, 0.15) is 5.58 Å². The molecule has 0 spiro atoms. The molecule has 7 heteroatoms. The number of rotatable bonds is 5. The van der Waals surface area contributed by atoms with Gasteiger partial charge in [0.05, 0.1) is 23.4 Å². The Hall–Kier alpha value is -3.22. The van der Waals surface area contributed by atoms with Crippen LogP contribution < -0.4 is 15.6 Å². The molecule has 0 saturated carbocycles. The van der Waals surface area contributed by atoms with Crippen molar-refractivity contribution in [3.05, 3.63) is 57.6 Å². The molecule has 7 nitrogen and oxygen atoms in total. The van der Waals surface area contributed by atoms with Crippen LogP contribution in [0, 0.1) is 12.3 Å². The molecule has 1 unspecified atom stereocenters. The highest BCUT2D eigenvalue weighted by atomic mass is 16.4. The van der Waals surface area contributed by atoms with Gasteiger partial charge in [-0.25, -0.2) is 4.79 Å². The van der Waals surface area contributed by atoms with Crippen molar-refractivity contribution < 1.29 is 18.7 Å². The molecule has 2 N–H and O–H groups in total. The first-order chi connectivity index (χ1) is 14.6. The fraction of sp³-hybridized carbons (Fsp3) is 0.417. The van der Waals surface area contributed by atoms with E-state index in [4.69, 9.17) is 8.83 Å². The van der Waals surface area contributed by atoms with Gasteiger partial charge in [0.25, 0.3) is 0 Å². The maximum atomic E-state index is 13.0. The number of carbonyl (C=O) groups is 1. The second-order valence-corrected chi connectivity index (χ2v) is 9.17. The molecule has 1 aliphatic heterocycles. The van der Waals surface area contributed by atoms with E-state index in [1.165, 1.54) is 6.26 Å². The zero-order chi connectivity index (χ0) is 22.3. The number of furan rings is 1. The van der Waals surface area contributed by atoms with E-state index in [2.05, 4.69) is 24.1 Å². The first-order valence-electron chi connectivity index (χ1n) is 10.6. The molecular formula is C24H28N2O5. The third-order valence-electron chi connectivity index (χ3n) is 6.12. The summed E-state index contributed by atoms with van der Waals surface area (Å²) < 4.78 is 11.4. The summed E-state index contributed by atoms with van der Waals surface area (Å²) in [6, 6.07) is 6.65. The number of piperidine rings is 1. The van der Waals surface area contributed by atoms with Gasteiger partial charge in [-0.15, -0.1) is 0 Å². The first kappa shape index (κ1) is 21.0. The van der Waals surface area contributed by atoms with Crippen LogP contribution in [-0.4, -0.2) is 24.2 Å². The van der Waals surface area contributed by atoms with E-state index in [1.807, 2.05) is 26.0 Å². The highest BCUT2D eigenvalue weighted by Crippen LogP contribution is 2.34. The van der Waals surface area contributed by atoms with E-state index >= 15 is 0 Å². The van der Waals surface area contributed by atoms with Crippen LogP contribution in [0.3, 0.4) is 0 Å². The number of hydrogen-bond acceptors (Lipinski definition) is 6. The molecule has 164 valence electrons. The van der Waals surface area contributed by atoms with Gasteiger partial charge >= 0.3 is 5.97 Å². The number of aromatic carboxylic acids is 1. The van der Waals surface area contributed by atoms with Crippen LogP contribution in [0.5, 0.6) is 0 Å². The third-order valence-corrected chi connectivity index (χ3v) is 6.12.